The molecule has 0 heterocycles. The third-order valence-electron chi connectivity index (χ3n) is 1.70. The van der Waals surface area contributed by atoms with Crippen LogP contribution >= 0.6 is 11.8 Å². The van der Waals surface area contributed by atoms with Crippen LogP contribution in [0, 0.1) is 0 Å². The Kier molecular flexibility index (Phi) is 4.79. The molecule has 1 N–H and O–H groups in total. The van der Waals surface area contributed by atoms with Gasteiger partial charge in [-0.3, -0.25) is 0 Å². The quantitative estimate of drug-likeness (QED) is 0.811. The van der Waals surface area contributed by atoms with Crippen molar-refractivity contribution in [1.29, 1.82) is 0 Å². The molecule has 0 amide bonds. The number of alkyl halides is 3. The molecule has 90 valence electrons. The summed E-state index contributed by atoms with van der Waals surface area (Å²) in [7, 11) is 0. The van der Waals surface area contributed by atoms with Crippen LogP contribution in [0.1, 0.15) is 0 Å². The van der Waals surface area contributed by atoms with Crippen molar-refractivity contribution in [2.45, 2.75) is 6.36 Å². The van der Waals surface area contributed by atoms with Crippen LogP contribution in [0.15, 0.2) is 24.3 Å². The van der Waals surface area contributed by atoms with Crippen LogP contribution in [-0.4, -0.2) is 24.9 Å². The molecule has 0 unspecified atom stereocenters. The number of anilines is 1. The minimum atomic E-state index is -4.64. The first-order chi connectivity index (χ1) is 7.51. The summed E-state index contributed by atoms with van der Waals surface area (Å²) in [6, 6.07) is 5.81. The van der Waals surface area contributed by atoms with Crippen molar-refractivity contribution in [3.05, 3.63) is 24.3 Å². The maximum absolute atomic E-state index is 11.9. The average Bonchev–Trinajstić information content (AvgIpc) is 2.16. The third kappa shape index (κ3) is 5.16. The first-order valence-corrected chi connectivity index (χ1v) is 5.99. The van der Waals surface area contributed by atoms with E-state index >= 15 is 0 Å². The highest BCUT2D eigenvalue weighted by molar-refractivity contribution is 7.98. The Morgan fingerprint density at radius 3 is 2.75 bits per heavy atom. The van der Waals surface area contributed by atoms with E-state index in [-0.39, 0.29) is 5.75 Å². The fourth-order valence-electron chi connectivity index (χ4n) is 1.10. The molecule has 0 spiro atoms. The number of thioether (sulfide) groups is 1. The van der Waals surface area contributed by atoms with Crippen molar-refractivity contribution in [3.8, 4) is 5.75 Å². The van der Waals surface area contributed by atoms with Gasteiger partial charge in [-0.2, -0.15) is 11.8 Å². The van der Waals surface area contributed by atoms with Crippen molar-refractivity contribution in [2.24, 2.45) is 0 Å². The van der Waals surface area contributed by atoms with Crippen LogP contribution in [0.2, 0.25) is 0 Å². The minimum Gasteiger partial charge on any atom is -0.406 e. The van der Waals surface area contributed by atoms with Gasteiger partial charge in [0.25, 0.3) is 0 Å². The van der Waals surface area contributed by atoms with E-state index in [0.717, 1.165) is 5.75 Å². The Bertz CT molecular complexity index is 330. The van der Waals surface area contributed by atoms with Gasteiger partial charge in [-0.15, -0.1) is 13.2 Å². The highest BCUT2D eigenvalue weighted by Gasteiger charge is 2.31. The molecule has 6 heteroatoms. The van der Waals surface area contributed by atoms with Crippen LogP contribution < -0.4 is 10.1 Å². The van der Waals surface area contributed by atoms with E-state index in [0.29, 0.717) is 12.2 Å². The zero-order chi connectivity index (χ0) is 12.0. The summed E-state index contributed by atoms with van der Waals surface area (Å²) < 4.78 is 39.6. The zero-order valence-corrected chi connectivity index (χ0v) is 9.49. The molecule has 0 atom stereocenters. The molecular weight excluding hydrogens is 239 g/mol. The Balaban J connectivity index is 2.57. The summed E-state index contributed by atoms with van der Waals surface area (Å²) in [6.45, 7) is 0.705. The van der Waals surface area contributed by atoms with Crippen molar-refractivity contribution in [1.82, 2.24) is 0 Å². The number of ether oxygens (including phenoxy) is 1. The number of benzene rings is 1. The fraction of sp³-hybridized carbons (Fsp3) is 0.400. The highest BCUT2D eigenvalue weighted by Crippen LogP contribution is 2.24. The summed E-state index contributed by atoms with van der Waals surface area (Å²) in [4.78, 5) is 0. The fourth-order valence-corrected chi connectivity index (χ4v) is 1.41. The highest BCUT2D eigenvalue weighted by atomic mass is 32.2. The first-order valence-electron chi connectivity index (χ1n) is 4.60. The molecular formula is C10H12F3NOS. The molecule has 1 aromatic carbocycles. The van der Waals surface area contributed by atoms with Crippen molar-refractivity contribution < 1.29 is 17.9 Å². The molecule has 1 aromatic rings. The van der Waals surface area contributed by atoms with E-state index in [9.17, 15) is 13.2 Å². The van der Waals surface area contributed by atoms with Gasteiger partial charge >= 0.3 is 6.36 Å². The van der Waals surface area contributed by atoms with Gasteiger partial charge in [-0.25, -0.2) is 0 Å². The van der Waals surface area contributed by atoms with Crippen molar-refractivity contribution in [2.75, 3.05) is 23.9 Å². The van der Waals surface area contributed by atoms with Crippen LogP contribution in [0.25, 0.3) is 0 Å². The van der Waals surface area contributed by atoms with Gasteiger partial charge in [-0.1, -0.05) is 6.07 Å². The summed E-state index contributed by atoms with van der Waals surface area (Å²) in [6.07, 6.45) is -2.68. The molecule has 0 aliphatic carbocycles. The predicted molar refractivity (Wildman–Crippen MR) is 60.0 cm³/mol. The second kappa shape index (κ2) is 5.89. The van der Waals surface area contributed by atoms with E-state index in [1.54, 1.807) is 17.8 Å². The van der Waals surface area contributed by atoms with Gasteiger partial charge in [-0.05, 0) is 18.4 Å². The van der Waals surface area contributed by atoms with Gasteiger partial charge in [0.1, 0.15) is 5.75 Å². The van der Waals surface area contributed by atoms with Gasteiger partial charge in [0.15, 0.2) is 0 Å². The van der Waals surface area contributed by atoms with Crippen LogP contribution in [-0.2, 0) is 0 Å². The lowest BCUT2D eigenvalue weighted by Crippen LogP contribution is -2.17. The number of halogens is 3. The van der Waals surface area contributed by atoms with E-state index in [4.69, 9.17) is 0 Å². The van der Waals surface area contributed by atoms with Crippen LogP contribution in [0.4, 0.5) is 18.9 Å². The molecule has 0 saturated heterocycles. The largest absolute Gasteiger partial charge is 0.573 e. The summed E-state index contributed by atoms with van der Waals surface area (Å²) in [5.74, 6) is 0.686. The molecule has 16 heavy (non-hydrogen) atoms. The summed E-state index contributed by atoms with van der Waals surface area (Å²) in [5.41, 5.74) is 0.621. The van der Waals surface area contributed by atoms with Crippen LogP contribution in [0.3, 0.4) is 0 Å². The maximum Gasteiger partial charge on any atom is 0.573 e. The third-order valence-corrected chi connectivity index (χ3v) is 2.32. The molecule has 0 aromatic heterocycles. The number of rotatable bonds is 5. The predicted octanol–water partition coefficient (Wildman–Crippen LogP) is 3.36. The number of hydrogen-bond donors (Lipinski definition) is 1. The number of nitrogens with one attached hydrogen (secondary N) is 1. The van der Waals surface area contributed by atoms with Gasteiger partial charge in [0, 0.05) is 24.1 Å². The van der Waals surface area contributed by atoms with Crippen molar-refractivity contribution in [3.63, 3.8) is 0 Å². The Morgan fingerprint density at radius 2 is 2.12 bits per heavy atom. The molecule has 1 rings (SSSR count). The summed E-state index contributed by atoms with van der Waals surface area (Å²) in [5, 5.41) is 3.00. The molecule has 0 fully saturated rings. The topological polar surface area (TPSA) is 21.3 Å². The van der Waals surface area contributed by atoms with Crippen LogP contribution in [0.5, 0.6) is 5.75 Å². The van der Waals surface area contributed by atoms with E-state index in [1.807, 2.05) is 6.26 Å². The lowest BCUT2D eigenvalue weighted by molar-refractivity contribution is -0.274. The number of hydrogen-bond acceptors (Lipinski definition) is 3. The monoisotopic (exact) mass is 251 g/mol. The lowest BCUT2D eigenvalue weighted by atomic mass is 10.3. The molecule has 0 bridgehead atoms. The van der Waals surface area contributed by atoms with E-state index in [1.165, 1.54) is 18.2 Å². The van der Waals surface area contributed by atoms with Gasteiger partial charge in [0.05, 0.1) is 0 Å². The maximum atomic E-state index is 11.9. The minimum absolute atomic E-state index is 0.207. The molecule has 0 radical (unpaired) electrons. The second-order valence-corrected chi connectivity index (χ2v) is 3.98. The van der Waals surface area contributed by atoms with Gasteiger partial charge < -0.3 is 10.1 Å². The molecule has 0 saturated carbocycles. The van der Waals surface area contributed by atoms with E-state index < -0.39 is 6.36 Å². The smallest absolute Gasteiger partial charge is 0.406 e. The van der Waals surface area contributed by atoms with E-state index in [2.05, 4.69) is 10.1 Å². The first kappa shape index (κ1) is 13.0. The average molecular weight is 251 g/mol. The van der Waals surface area contributed by atoms with Crippen molar-refractivity contribution >= 4 is 17.4 Å². The summed E-state index contributed by atoms with van der Waals surface area (Å²) >= 11 is 1.66. The molecule has 0 aliphatic heterocycles. The SMILES string of the molecule is CSCCNc1cccc(OC(F)(F)F)c1. The lowest BCUT2D eigenvalue weighted by Gasteiger charge is -2.10. The Morgan fingerprint density at radius 1 is 1.38 bits per heavy atom. The Labute approximate surface area is 96.2 Å². The van der Waals surface area contributed by atoms with Gasteiger partial charge in [0.2, 0.25) is 0 Å². The molecule has 2 nitrogen and oxygen atoms in total. The zero-order valence-electron chi connectivity index (χ0n) is 8.67. The Hall–Kier alpha value is -1.04. The second-order valence-electron chi connectivity index (χ2n) is 3.00. The molecule has 0 aliphatic rings. The standard InChI is InChI=1S/C10H12F3NOS/c1-16-6-5-14-8-3-2-4-9(7-8)15-10(11,12)13/h2-4,7,14H,5-6H2,1H3. The normalized spacial score (nSPS) is 11.2.